The first-order valence-corrected chi connectivity index (χ1v) is 4.76. The Labute approximate surface area is 97.0 Å². The van der Waals surface area contributed by atoms with Crippen molar-refractivity contribution in [1.82, 2.24) is 0 Å². The molecule has 2 atom stereocenters. The molecule has 0 spiro atoms. The number of nitrogens with zero attached hydrogens (tertiary/aromatic N) is 1. The number of hydrogen-bond acceptors (Lipinski definition) is 5. The van der Waals surface area contributed by atoms with Crippen molar-refractivity contribution in [2.45, 2.75) is 18.6 Å². The highest BCUT2D eigenvalue weighted by molar-refractivity contribution is 5.67. The Morgan fingerprint density at radius 1 is 1.41 bits per heavy atom. The van der Waals surface area contributed by atoms with Gasteiger partial charge in [0, 0.05) is 0 Å². The zero-order valence-electron chi connectivity index (χ0n) is 8.74. The van der Waals surface area contributed by atoms with E-state index in [-0.39, 0.29) is 16.9 Å². The second kappa shape index (κ2) is 5.30. The van der Waals surface area contributed by atoms with Gasteiger partial charge in [-0.1, -0.05) is 6.07 Å². The smallest absolute Gasteiger partial charge is 0.306 e. The van der Waals surface area contributed by atoms with Crippen LogP contribution in [-0.2, 0) is 4.79 Å². The van der Waals surface area contributed by atoms with Gasteiger partial charge in [-0.25, -0.2) is 0 Å². The predicted octanol–water partition coefficient (Wildman–Crippen LogP) is 0.133. The van der Waals surface area contributed by atoms with E-state index >= 15 is 0 Å². The molecule has 17 heavy (non-hydrogen) atoms. The van der Waals surface area contributed by atoms with E-state index in [0.29, 0.717) is 0 Å². The number of aliphatic carboxylic acids is 1. The summed E-state index contributed by atoms with van der Waals surface area (Å²) >= 11 is 0. The molecule has 4 N–H and O–H groups in total. The number of hydrogen-bond donors (Lipinski definition) is 4. The summed E-state index contributed by atoms with van der Waals surface area (Å²) in [5.74, 6) is -1.57. The average molecular weight is 237 g/mol. The first-order chi connectivity index (χ1) is 7.95. The van der Waals surface area contributed by atoms with E-state index in [2.05, 4.69) is 0 Å². The van der Waals surface area contributed by atoms with E-state index in [0.717, 1.165) is 6.07 Å². The molecule has 0 aliphatic rings. The number of phenols is 1. The standard InChI is InChI=1S/C11H11NO5/c12-5-7-2-1-6(3-8(7)13)11(17)9(14)4-10(15)16/h1-3,9,11,13-14,17H,4H2,(H,15,16). The summed E-state index contributed by atoms with van der Waals surface area (Å²) in [5.41, 5.74) is 0.184. The summed E-state index contributed by atoms with van der Waals surface area (Å²) < 4.78 is 0. The van der Waals surface area contributed by atoms with Gasteiger partial charge in [0.25, 0.3) is 0 Å². The maximum absolute atomic E-state index is 10.3. The Kier molecular flexibility index (Phi) is 4.04. The van der Waals surface area contributed by atoms with Gasteiger partial charge in [0.05, 0.1) is 18.1 Å². The summed E-state index contributed by atoms with van der Waals surface area (Å²) in [6.45, 7) is 0. The number of aliphatic hydroxyl groups excluding tert-OH is 2. The van der Waals surface area contributed by atoms with Crippen molar-refractivity contribution in [2.24, 2.45) is 0 Å². The van der Waals surface area contributed by atoms with E-state index < -0.39 is 24.6 Å². The molecule has 2 unspecified atom stereocenters. The van der Waals surface area contributed by atoms with Crippen LogP contribution in [0.1, 0.15) is 23.7 Å². The summed E-state index contributed by atoms with van der Waals surface area (Å²) in [6, 6.07) is 5.47. The van der Waals surface area contributed by atoms with Crippen molar-refractivity contribution in [3.05, 3.63) is 29.3 Å². The number of carbonyl (C=O) groups is 1. The van der Waals surface area contributed by atoms with Gasteiger partial charge < -0.3 is 20.4 Å². The topological polar surface area (TPSA) is 122 Å². The number of aromatic hydroxyl groups is 1. The normalized spacial score (nSPS) is 13.7. The van der Waals surface area contributed by atoms with Crippen LogP contribution in [0.15, 0.2) is 18.2 Å². The molecule has 0 fully saturated rings. The van der Waals surface area contributed by atoms with Gasteiger partial charge in [0.2, 0.25) is 0 Å². The van der Waals surface area contributed by atoms with Crippen LogP contribution in [0.5, 0.6) is 5.75 Å². The molecule has 6 heteroatoms. The number of phenolic OH excluding ortho intramolecular Hbond substituents is 1. The monoisotopic (exact) mass is 237 g/mol. The van der Waals surface area contributed by atoms with Crippen LogP contribution in [-0.4, -0.2) is 32.5 Å². The second-order valence-corrected chi connectivity index (χ2v) is 3.50. The van der Waals surface area contributed by atoms with Crippen molar-refractivity contribution in [3.63, 3.8) is 0 Å². The Morgan fingerprint density at radius 3 is 2.53 bits per heavy atom. The van der Waals surface area contributed by atoms with Crippen molar-refractivity contribution in [1.29, 1.82) is 5.26 Å². The minimum Gasteiger partial charge on any atom is -0.507 e. The van der Waals surface area contributed by atoms with Crippen LogP contribution in [0.25, 0.3) is 0 Å². The van der Waals surface area contributed by atoms with E-state index in [1.807, 2.05) is 0 Å². The van der Waals surface area contributed by atoms with Crippen LogP contribution in [0.2, 0.25) is 0 Å². The zero-order valence-corrected chi connectivity index (χ0v) is 8.74. The Balaban J connectivity index is 2.90. The maximum atomic E-state index is 10.3. The molecular weight excluding hydrogens is 226 g/mol. The summed E-state index contributed by atoms with van der Waals surface area (Å²) in [4.78, 5) is 10.3. The van der Waals surface area contributed by atoms with Crippen LogP contribution in [0, 0.1) is 11.3 Å². The molecule has 1 aromatic rings. The number of aliphatic hydroxyl groups is 2. The highest BCUT2D eigenvalue weighted by Crippen LogP contribution is 2.25. The summed E-state index contributed by atoms with van der Waals surface area (Å²) in [5, 5.41) is 45.4. The minimum atomic E-state index is -1.47. The number of carboxylic acids is 1. The third-order valence-corrected chi connectivity index (χ3v) is 2.23. The molecule has 90 valence electrons. The molecule has 0 heterocycles. The molecular formula is C11H11NO5. The Hall–Kier alpha value is -2.10. The SMILES string of the molecule is N#Cc1ccc(C(O)C(O)CC(=O)O)cc1O. The lowest BCUT2D eigenvalue weighted by molar-refractivity contribution is -0.141. The molecule has 1 rings (SSSR count). The van der Waals surface area contributed by atoms with Crippen molar-refractivity contribution < 1.29 is 25.2 Å². The highest BCUT2D eigenvalue weighted by Gasteiger charge is 2.21. The van der Waals surface area contributed by atoms with E-state index in [1.165, 1.54) is 12.1 Å². The Bertz CT molecular complexity index is 465. The van der Waals surface area contributed by atoms with Crippen molar-refractivity contribution >= 4 is 5.97 Å². The van der Waals surface area contributed by atoms with Gasteiger partial charge in [-0.2, -0.15) is 5.26 Å². The van der Waals surface area contributed by atoms with Gasteiger partial charge in [-0.05, 0) is 17.7 Å². The van der Waals surface area contributed by atoms with Gasteiger partial charge in [-0.15, -0.1) is 0 Å². The van der Waals surface area contributed by atoms with Gasteiger partial charge in [0.1, 0.15) is 17.9 Å². The second-order valence-electron chi connectivity index (χ2n) is 3.50. The van der Waals surface area contributed by atoms with E-state index in [9.17, 15) is 20.1 Å². The molecule has 0 saturated carbocycles. The predicted molar refractivity (Wildman–Crippen MR) is 56.0 cm³/mol. The Morgan fingerprint density at radius 2 is 2.06 bits per heavy atom. The maximum Gasteiger partial charge on any atom is 0.306 e. The summed E-state index contributed by atoms with van der Waals surface area (Å²) in [7, 11) is 0. The molecule has 0 aliphatic heterocycles. The number of nitriles is 1. The third-order valence-electron chi connectivity index (χ3n) is 2.23. The number of carboxylic acid groups (broad SMARTS) is 1. The van der Waals surface area contributed by atoms with Gasteiger partial charge >= 0.3 is 5.97 Å². The minimum absolute atomic E-state index is 0.0358. The zero-order chi connectivity index (χ0) is 13.0. The van der Waals surface area contributed by atoms with E-state index in [1.54, 1.807) is 6.07 Å². The van der Waals surface area contributed by atoms with Gasteiger partial charge in [0.15, 0.2) is 0 Å². The van der Waals surface area contributed by atoms with Crippen LogP contribution in [0.3, 0.4) is 0 Å². The molecule has 6 nitrogen and oxygen atoms in total. The molecule has 0 saturated heterocycles. The first kappa shape index (κ1) is 13.0. The highest BCUT2D eigenvalue weighted by atomic mass is 16.4. The third kappa shape index (κ3) is 3.17. The molecule has 0 amide bonds. The largest absolute Gasteiger partial charge is 0.507 e. The van der Waals surface area contributed by atoms with Crippen molar-refractivity contribution in [2.75, 3.05) is 0 Å². The van der Waals surface area contributed by atoms with Crippen LogP contribution in [0.4, 0.5) is 0 Å². The van der Waals surface area contributed by atoms with Gasteiger partial charge in [-0.3, -0.25) is 4.79 Å². The average Bonchev–Trinajstić information content (AvgIpc) is 2.27. The number of rotatable bonds is 4. The molecule has 0 radical (unpaired) electrons. The van der Waals surface area contributed by atoms with Crippen LogP contribution >= 0.6 is 0 Å². The lowest BCUT2D eigenvalue weighted by Gasteiger charge is -2.16. The molecule has 1 aromatic carbocycles. The molecule has 0 bridgehead atoms. The van der Waals surface area contributed by atoms with Crippen LogP contribution < -0.4 is 0 Å². The fraction of sp³-hybridized carbons (Fsp3) is 0.273. The first-order valence-electron chi connectivity index (χ1n) is 4.76. The van der Waals surface area contributed by atoms with Crippen molar-refractivity contribution in [3.8, 4) is 11.8 Å². The molecule has 0 aliphatic carbocycles. The lowest BCUT2D eigenvalue weighted by atomic mass is 10.0. The lowest BCUT2D eigenvalue weighted by Crippen LogP contribution is -2.21. The molecule has 0 aromatic heterocycles. The number of benzene rings is 1. The quantitative estimate of drug-likeness (QED) is 0.590. The fourth-order valence-corrected chi connectivity index (χ4v) is 1.34. The fourth-order valence-electron chi connectivity index (χ4n) is 1.34. The van der Waals surface area contributed by atoms with E-state index in [4.69, 9.17) is 10.4 Å². The summed E-state index contributed by atoms with van der Waals surface area (Å²) in [6.07, 6.45) is -3.51.